The van der Waals surface area contributed by atoms with E-state index in [-0.39, 0.29) is 17.3 Å². The van der Waals surface area contributed by atoms with Gasteiger partial charge in [-0.25, -0.2) is 9.37 Å². The SMILES string of the molecule is COc1ncccc1C(=O)N1CC[C@H]2[C@@H](C1)CC(C)(C)N2c1cccc(F)c1. The highest BCUT2D eigenvalue weighted by molar-refractivity contribution is 5.96. The van der Waals surface area contributed by atoms with Crippen LogP contribution in [-0.2, 0) is 0 Å². The molecule has 4 rings (SSSR count). The van der Waals surface area contributed by atoms with E-state index in [4.69, 9.17) is 4.74 Å². The molecule has 2 aliphatic rings. The van der Waals surface area contributed by atoms with E-state index in [9.17, 15) is 9.18 Å². The number of benzene rings is 1. The highest BCUT2D eigenvalue weighted by Crippen LogP contribution is 2.45. The molecule has 148 valence electrons. The Labute approximate surface area is 165 Å². The van der Waals surface area contributed by atoms with E-state index in [2.05, 4.69) is 23.7 Å². The number of carbonyl (C=O) groups is 1. The first-order valence-electron chi connectivity index (χ1n) is 9.74. The van der Waals surface area contributed by atoms with Gasteiger partial charge in [0.05, 0.1) is 7.11 Å². The first-order chi connectivity index (χ1) is 13.4. The highest BCUT2D eigenvalue weighted by atomic mass is 19.1. The minimum Gasteiger partial charge on any atom is -0.480 e. The molecule has 1 aromatic carbocycles. The van der Waals surface area contributed by atoms with Gasteiger partial charge in [-0.3, -0.25) is 4.79 Å². The summed E-state index contributed by atoms with van der Waals surface area (Å²) in [6.07, 6.45) is 3.44. The molecule has 0 N–H and O–H groups in total. The minimum absolute atomic E-state index is 0.0367. The minimum atomic E-state index is -0.215. The maximum Gasteiger partial charge on any atom is 0.259 e. The van der Waals surface area contributed by atoms with Crippen LogP contribution in [0.1, 0.15) is 37.0 Å². The zero-order valence-electron chi connectivity index (χ0n) is 16.6. The highest BCUT2D eigenvalue weighted by Gasteiger charge is 2.48. The maximum atomic E-state index is 13.8. The lowest BCUT2D eigenvalue weighted by Crippen LogP contribution is -2.50. The lowest BCUT2D eigenvalue weighted by molar-refractivity contribution is 0.0663. The largest absolute Gasteiger partial charge is 0.480 e. The molecule has 0 saturated carbocycles. The monoisotopic (exact) mass is 383 g/mol. The fourth-order valence-corrected chi connectivity index (χ4v) is 4.99. The second-order valence-corrected chi connectivity index (χ2v) is 8.29. The Bertz CT molecular complexity index is 886. The molecule has 0 bridgehead atoms. The fourth-order valence-electron chi connectivity index (χ4n) is 4.99. The van der Waals surface area contributed by atoms with Gasteiger partial charge in [0, 0.05) is 36.6 Å². The Kier molecular flexibility index (Phi) is 4.73. The van der Waals surface area contributed by atoms with E-state index < -0.39 is 0 Å². The average molecular weight is 383 g/mol. The van der Waals surface area contributed by atoms with Gasteiger partial charge in [-0.1, -0.05) is 6.07 Å². The number of carbonyl (C=O) groups excluding carboxylic acids is 1. The van der Waals surface area contributed by atoms with E-state index in [1.165, 1.54) is 13.2 Å². The summed E-state index contributed by atoms with van der Waals surface area (Å²) in [6.45, 7) is 5.76. The van der Waals surface area contributed by atoms with Crippen LogP contribution < -0.4 is 9.64 Å². The number of hydrogen-bond donors (Lipinski definition) is 0. The smallest absolute Gasteiger partial charge is 0.259 e. The number of piperidine rings is 1. The Morgan fingerprint density at radius 3 is 2.86 bits per heavy atom. The molecule has 2 saturated heterocycles. The molecule has 2 atom stereocenters. The Balaban J connectivity index is 1.56. The van der Waals surface area contributed by atoms with Crippen molar-refractivity contribution < 1.29 is 13.9 Å². The van der Waals surface area contributed by atoms with Crippen LogP contribution >= 0.6 is 0 Å². The maximum absolute atomic E-state index is 13.8. The van der Waals surface area contributed by atoms with Gasteiger partial charge in [-0.05, 0) is 62.9 Å². The molecule has 28 heavy (non-hydrogen) atoms. The van der Waals surface area contributed by atoms with Crippen LogP contribution in [0.2, 0.25) is 0 Å². The molecule has 3 heterocycles. The van der Waals surface area contributed by atoms with Crippen molar-refractivity contribution in [2.24, 2.45) is 5.92 Å². The molecular formula is C22H26FN3O2. The summed E-state index contributed by atoms with van der Waals surface area (Å²) in [5.41, 5.74) is 1.34. The molecule has 0 aliphatic carbocycles. The molecule has 2 aliphatic heterocycles. The molecule has 0 radical (unpaired) electrons. The number of pyridine rings is 1. The van der Waals surface area contributed by atoms with Gasteiger partial charge in [-0.2, -0.15) is 0 Å². The van der Waals surface area contributed by atoms with E-state index in [0.717, 1.165) is 18.5 Å². The second-order valence-electron chi connectivity index (χ2n) is 8.29. The third-order valence-electron chi connectivity index (χ3n) is 6.01. The van der Waals surface area contributed by atoms with Gasteiger partial charge < -0.3 is 14.5 Å². The number of ether oxygens (including phenoxy) is 1. The summed E-state index contributed by atoms with van der Waals surface area (Å²) in [5.74, 6) is 0.458. The summed E-state index contributed by atoms with van der Waals surface area (Å²) >= 11 is 0. The second kappa shape index (κ2) is 7.08. The molecule has 2 fully saturated rings. The number of hydrogen-bond acceptors (Lipinski definition) is 4. The molecular weight excluding hydrogens is 357 g/mol. The summed E-state index contributed by atoms with van der Waals surface area (Å²) < 4.78 is 19.1. The quantitative estimate of drug-likeness (QED) is 0.810. The van der Waals surface area contributed by atoms with Crippen LogP contribution in [0.4, 0.5) is 10.1 Å². The van der Waals surface area contributed by atoms with Crippen LogP contribution in [0.5, 0.6) is 5.88 Å². The molecule has 0 unspecified atom stereocenters. The zero-order valence-corrected chi connectivity index (χ0v) is 16.6. The van der Waals surface area contributed by atoms with Crippen molar-refractivity contribution >= 4 is 11.6 Å². The zero-order chi connectivity index (χ0) is 19.9. The van der Waals surface area contributed by atoms with Crippen LogP contribution in [0.3, 0.4) is 0 Å². The number of amides is 1. The van der Waals surface area contributed by atoms with E-state index in [1.54, 1.807) is 30.5 Å². The lowest BCUT2D eigenvalue weighted by atomic mass is 9.89. The van der Waals surface area contributed by atoms with Crippen LogP contribution in [0.25, 0.3) is 0 Å². The van der Waals surface area contributed by atoms with Crippen molar-refractivity contribution in [2.45, 2.75) is 38.3 Å². The Morgan fingerprint density at radius 1 is 1.29 bits per heavy atom. The third-order valence-corrected chi connectivity index (χ3v) is 6.01. The number of methoxy groups -OCH3 is 1. The molecule has 0 spiro atoms. The van der Waals surface area contributed by atoms with E-state index >= 15 is 0 Å². The first kappa shape index (κ1) is 18.7. The van der Waals surface area contributed by atoms with Gasteiger partial charge >= 0.3 is 0 Å². The molecule has 5 nitrogen and oxygen atoms in total. The number of halogens is 1. The average Bonchev–Trinajstić information content (AvgIpc) is 2.96. The summed E-state index contributed by atoms with van der Waals surface area (Å²) in [7, 11) is 1.53. The van der Waals surface area contributed by atoms with Crippen molar-refractivity contribution in [3.8, 4) is 5.88 Å². The summed E-state index contributed by atoms with van der Waals surface area (Å²) in [6, 6.07) is 10.7. The van der Waals surface area contributed by atoms with Gasteiger partial charge in [-0.15, -0.1) is 0 Å². The van der Waals surface area contributed by atoms with Crippen molar-refractivity contribution in [3.63, 3.8) is 0 Å². The number of aromatic nitrogens is 1. The Hall–Kier alpha value is -2.63. The number of rotatable bonds is 3. The lowest BCUT2D eigenvalue weighted by Gasteiger charge is -2.42. The van der Waals surface area contributed by atoms with Crippen LogP contribution in [-0.4, -0.2) is 47.6 Å². The van der Waals surface area contributed by atoms with Crippen LogP contribution in [0, 0.1) is 11.7 Å². The van der Waals surface area contributed by atoms with Crippen molar-refractivity contribution in [1.82, 2.24) is 9.88 Å². The van der Waals surface area contributed by atoms with Crippen molar-refractivity contribution in [3.05, 3.63) is 54.0 Å². The third kappa shape index (κ3) is 3.21. The number of likely N-dealkylation sites (tertiary alicyclic amines) is 1. The van der Waals surface area contributed by atoms with E-state index in [1.807, 2.05) is 11.0 Å². The van der Waals surface area contributed by atoms with Crippen molar-refractivity contribution in [1.29, 1.82) is 0 Å². The summed E-state index contributed by atoms with van der Waals surface area (Å²) in [4.78, 5) is 21.5. The van der Waals surface area contributed by atoms with Crippen LogP contribution in [0.15, 0.2) is 42.6 Å². The normalized spacial score (nSPS) is 23.4. The predicted molar refractivity (Wildman–Crippen MR) is 106 cm³/mol. The molecule has 1 aromatic heterocycles. The van der Waals surface area contributed by atoms with Gasteiger partial charge in [0.25, 0.3) is 5.91 Å². The fraction of sp³-hybridized carbons (Fsp3) is 0.455. The number of anilines is 1. The molecule has 6 heteroatoms. The summed E-state index contributed by atoms with van der Waals surface area (Å²) in [5, 5.41) is 0. The first-order valence-corrected chi connectivity index (χ1v) is 9.74. The predicted octanol–water partition coefficient (Wildman–Crippen LogP) is 3.75. The standard InChI is InChI=1S/C22H26FN3O2/c1-22(2)13-15-14-25(21(27)18-8-5-10-24-20(18)28-3)11-9-19(15)26(22)17-7-4-6-16(23)12-17/h4-8,10,12,15,19H,9,11,13-14H2,1-3H3/t15-,19+/m1/s1. The molecule has 2 aromatic rings. The van der Waals surface area contributed by atoms with E-state index in [0.29, 0.717) is 36.5 Å². The Morgan fingerprint density at radius 2 is 2.11 bits per heavy atom. The van der Waals surface area contributed by atoms with Gasteiger partial charge in [0.15, 0.2) is 0 Å². The number of fused-ring (bicyclic) bond motifs is 1. The number of nitrogens with zero attached hydrogens (tertiary/aromatic N) is 3. The van der Waals surface area contributed by atoms with Gasteiger partial charge in [0.1, 0.15) is 11.4 Å². The topological polar surface area (TPSA) is 45.7 Å². The van der Waals surface area contributed by atoms with Gasteiger partial charge in [0.2, 0.25) is 5.88 Å². The molecule has 1 amide bonds. The van der Waals surface area contributed by atoms with Crippen molar-refractivity contribution in [2.75, 3.05) is 25.1 Å².